The standard InChI is InChI=1S/C17H19NO3/c1-12-7-8-15(9-13(12)2)18-10-14-5-3-4-6-16(14)21-11-17(19)20/h3-9,18H,10-11H2,1-2H3,(H,19,20). The van der Waals surface area contributed by atoms with Gasteiger partial charge >= 0.3 is 5.97 Å². The first-order valence-electron chi connectivity index (χ1n) is 6.80. The summed E-state index contributed by atoms with van der Waals surface area (Å²) in [6.45, 7) is 4.40. The van der Waals surface area contributed by atoms with E-state index in [1.165, 1.54) is 11.1 Å². The second kappa shape index (κ2) is 6.79. The summed E-state index contributed by atoms with van der Waals surface area (Å²) >= 11 is 0. The van der Waals surface area contributed by atoms with E-state index in [2.05, 4.69) is 31.3 Å². The van der Waals surface area contributed by atoms with Gasteiger partial charge in [0.05, 0.1) is 0 Å². The van der Waals surface area contributed by atoms with E-state index in [0.29, 0.717) is 12.3 Å². The molecule has 2 aromatic rings. The van der Waals surface area contributed by atoms with E-state index in [-0.39, 0.29) is 6.61 Å². The Hall–Kier alpha value is -2.49. The average Bonchev–Trinajstić information content (AvgIpc) is 2.47. The number of hydrogen-bond donors (Lipinski definition) is 2. The first-order valence-corrected chi connectivity index (χ1v) is 6.80. The predicted octanol–water partition coefficient (Wildman–Crippen LogP) is 3.38. The number of para-hydroxylation sites is 1. The van der Waals surface area contributed by atoms with Gasteiger partial charge in [0.2, 0.25) is 0 Å². The van der Waals surface area contributed by atoms with Crippen LogP contribution in [0, 0.1) is 13.8 Å². The third-order valence-corrected chi connectivity index (χ3v) is 3.31. The molecule has 2 N–H and O–H groups in total. The number of aryl methyl sites for hydroxylation is 2. The number of aliphatic carboxylic acids is 1. The molecule has 21 heavy (non-hydrogen) atoms. The van der Waals surface area contributed by atoms with Crippen LogP contribution >= 0.6 is 0 Å². The van der Waals surface area contributed by atoms with Gasteiger partial charge in [-0.15, -0.1) is 0 Å². The van der Waals surface area contributed by atoms with Gasteiger partial charge in [-0.1, -0.05) is 24.3 Å². The van der Waals surface area contributed by atoms with Crippen molar-refractivity contribution in [3.05, 3.63) is 59.2 Å². The number of carboxylic acids is 1. The number of nitrogens with one attached hydrogen (secondary N) is 1. The highest BCUT2D eigenvalue weighted by Gasteiger charge is 2.05. The molecule has 2 aromatic carbocycles. The van der Waals surface area contributed by atoms with Gasteiger partial charge in [-0.25, -0.2) is 4.79 Å². The van der Waals surface area contributed by atoms with Gasteiger partial charge in [0, 0.05) is 17.8 Å². The van der Waals surface area contributed by atoms with Crippen LogP contribution in [0.1, 0.15) is 16.7 Å². The molecule has 0 aliphatic carbocycles. The Bertz CT molecular complexity index is 638. The highest BCUT2D eigenvalue weighted by atomic mass is 16.5. The van der Waals surface area contributed by atoms with Crippen molar-refractivity contribution in [1.29, 1.82) is 0 Å². The van der Waals surface area contributed by atoms with Gasteiger partial charge in [0.1, 0.15) is 5.75 Å². The molecule has 0 atom stereocenters. The molecule has 0 unspecified atom stereocenters. The maximum absolute atomic E-state index is 10.6. The SMILES string of the molecule is Cc1ccc(NCc2ccccc2OCC(=O)O)cc1C. The summed E-state index contributed by atoms with van der Waals surface area (Å²) in [5.41, 5.74) is 4.45. The van der Waals surface area contributed by atoms with Crippen molar-refractivity contribution in [3.63, 3.8) is 0 Å². The molecule has 0 saturated carbocycles. The molecule has 0 aliphatic rings. The fraction of sp³-hybridized carbons (Fsp3) is 0.235. The predicted molar refractivity (Wildman–Crippen MR) is 82.8 cm³/mol. The molecular formula is C17H19NO3. The Morgan fingerprint density at radius 1 is 1.14 bits per heavy atom. The van der Waals surface area contributed by atoms with Gasteiger partial charge in [-0.3, -0.25) is 0 Å². The van der Waals surface area contributed by atoms with Crippen LogP contribution in [-0.2, 0) is 11.3 Å². The number of rotatable bonds is 6. The lowest BCUT2D eigenvalue weighted by molar-refractivity contribution is -0.139. The summed E-state index contributed by atoms with van der Waals surface area (Å²) in [4.78, 5) is 10.6. The molecule has 0 amide bonds. The molecule has 0 aliphatic heterocycles. The van der Waals surface area contributed by atoms with Gasteiger partial charge in [-0.2, -0.15) is 0 Å². The summed E-state index contributed by atoms with van der Waals surface area (Å²) in [5.74, 6) is -0.386. The maximum atomic E-state index is 10.6. The van der Waals surface area contributed by atoms with Crippen LogP contribution in [-0.4, -0.2) is 17.7 Å². The molecule has 0 heterocycles. The second-order valence-electron chi connectivity index (χ2n) is 4.94. The summed E-state index contributed by atoms with van der Waals surface area (Å²) in [7, 11) is 0. The van der Waals surface area contributed by atoms with Gasteiger partial charge < -0.3 is 15.2 Å². The Morgan fingerprint density at radius 3 is 2.62 bits per heavy atom. The molecule has 110 valence electrons. The third-order valence-electron chi connectivity index (χ3n) is 3.31. The zero-order valence-corrected chi connectivity index (χ0v) is 12.2. The minimum absolute atomic E-state index is 0.333. The summed E-state index contributed by atoms with van der Waals surface area (Å²) in [6, 6.07) is 13.6. The molecule has 0 aromatic heterocycles. The Balaban J connectivity index is 2.05. The van der Waals surface area contributed by atoms with Crippen molar-refractivity contribution < 1.29 is 14.6 Å². The first kappa shape index (κ1) is 14.9. The number of hydrogen-bond acceptors (Lipinski definition) is 3. The van der Waals surface area contributed by atoms with Crippen LogP contribution in [0.4, 0.5) is 5.69 Å². The highest BCUT2D eigenvalue weighted by molar-refractivity contribution is 5.68. The summed E-state index contributed by atoms with van der Waals surface area (Å²) in [6.07, 6.45) is 0. The van der Waals surface area contributed by atoms with E-state index >= 15 is 0 Å². The van der Waals surface area contributed by atoms with Crippen molar-refractivity contribution in [1.82, 2.24) is 0 Å². The molecule has 0 spiro atoms. The summed E-state index contributed by atoms with van der Waals surface area (Å²) < 4.78 is 5.29. The number of carbonyl (C=O) groups is 1. The van der Waals surface area contributed by atoms with E-state index in [0.717, 1.165) is 11.3 Å². The van der Waals surface area contributed by atoms with Crippen LogP contribution in [0.3, 0.4) is 0 Å². The highest BCUT2D eigenvalue weighted by Crippen LogP contribution is 2.20. The minimum atomic E-state index is -0.980. The summed E-state index contributed by atoms with van der Waals surface area (Å²) in [5, 5.41) is 12.0. The van der Waals surface area contributed by atoms with E-state index < -0.39 is 5.97 Å². The third kappa shape index (κ3) is 4.24. The quantitative estimate of drug-likeness (QED) is 0.854. The second-order valence-corrected chi connectivity index (χ2v) is 4.94. The lowest BCUT2D eigenvalue weighted by Gasteiger charge is -2.12. The van der Waals surface area contributed by atoms with Crippen molar-refractivity contribution in [2.75, 3.05) is 11.9 Å². The van der Waals surface area contributed by atoms with Crippen LogP contribution in [0.5, 0.6) is 5.75 Å². The van der Waals surface area contributed by atoms with Gasteiger partial charge in [0.15, 0.2) is 6.61 Å². The number of benzene rings is 2. The zero-order valence-electron chi connectivity index (χ0n) is 12.2. The molecule has 4 nitrogen and oxygen atoms in total. The van der Waals surface area contributed by atoms with Gasteiger partial charge in [-0.05, 0) is 43.2 Å². The molecule has 0 saturated heterocycles. The van der Waals surface area contributed by atoms with Crippen molar-refractivity contribution in [3.8, 4) is 5.75 Å². The molecular weight excluding hydrogens is 266 g/mol. The minimum Gasteiger partial charge on any atom is -0.482 e. The Labute approximate surface area is 124 Å². The Morgan fingerprint density at radius 2 is 1.90 bits per heavy atom. The maximum Gasteiger partial charge on any atom is 0.341 e. The van der Waals surface area contributed by atoms with Crippen LogP contribution in [0.2, 0.25) is 0 Å². The van der Waals surface area contributed by atoms with Crippen molar-refractivity contribution in [2.24, 2.45) is 0 Å². The fourth-order valence-electron chi connectivity index (χ4n) is 1.98. The van der Waals surface area contributed by atoms with Crippen LogP contribution < -0.4 is 10.1 Å². The zero-order chi connectivity index (χ0) is 15.2. The number of anilines is 1. The molecule has 0 bridgehead atoms. The largest absolute Gasteiger partial charge is 0.482 e. The normalized spacial score (nSPS) is 10.2. The van der Waals surface area contributed by atoms with Crippen molar-refractivity contribution >= 4 is 11.7 Å². The molecule has 4 heteroatoms. The number of carboxylic acid groups (broad SMARTS) is 1. The van der Waals surface area contributed by atoms with E-state index in [9.17, 15) is 4.79 Å². The Kier molecular flexibility index (Phi) is 4.82. The van der Waals surface area contributed by atoms with Crippen molar-refractivity contribution in [2.45, 2.75) is 20.4 Å². The lowest BCUT2D eigenvalue weighted by Crippen LogP contribution is -2.11. The van der Waals surface area contributed by atoms with Crippen LogP contribution in [0.25, 0.3) is 0 Å². The smallest absolute Gasteiger partial charge is 0.341 e. The average molecular weight is 285 g/mol. The monoisotopic (exact) mass is 285 g/mol. The molecule has 2 rings (SSSR count). The van der Waals surface area contributed by atoms with E-state index in [1.807, 2.05) is 24.3 Å². The topological polar surface area (TPSA) is 58.6 Å². The first-order chi connectivity index (χ1) is 10.1. The molecule has 0 radical (unpaired) electrons. The lowest BCUT2D eigenvalue weighted by atomic mass is 10.1. The number of ether oxygens (including phenoxy) is 1. The van der Waals surface area contributed by atoms with Gasteiger partial charge in [0.25, 0.3) is 0 Å². The fourth-order valence-corrected chi connectivity index (χ4v) is 1.98. The van der Waals surface area contributed by atoms with Crippen LogP contribution in [0.15, 0.2) is 42.5 Å². The van der Waals surface area contributed by atoms with E-state index in [4.69, 9.17) is 9.84 Å². The molecule has 0 fully saturated rings. The van der Waals surface area contributed by atoms with E-state index in [1.54, 1.807) is 6.07 Å².